The Bertz CT molecular complexity index is 2170. The van der Waals surface area contributed by atoms with Crippen LogP contribution in [0.5, 0.6) is 0 Å². The number of rotatable bonds is 11. The van der Waals surface area contributed by atoms with Gasteiger partial charge in [-0.2, -0.15) is 0 Å². The highest BCUT2D eigenvalue weighted by molar-refractivity contribution is 7.46. The molecule has 0 radical (unpaired) electrons. The zero-order valence-corrected chi connectivity index (χ0v) is 45.5. The SMILES string of the molecule is O=P(O)(O)OC[C@@H]1O[C@@H]2O[C@H]3[C@H](O)[C@@H](O)[C@@H](O[C@H]4[C@@H](O)[C@@H](O)[C@@H](O[C@H]5[C@H](O)[C@@H](O)[C@@H](O[C@H]6[C@H](O)[C@H](O)[C@@H](O[C@H]7[C@H](O)[C@H](O)[C@@H](O[C@H]8[C@H](O)[C@H](O)[C@@H](O[C@H]1[C@H](O)[C@H]2O)O[C@H]8CO)O[C@H]7CO)O[C@H]6CO)O[C@@H]5COP(=O)(O)O)O[C@@H]4CO)O[C@@H]3CO. The fraction of sp³-hybridized carbons (Fsp3) is 1.00. The van der Waals surface area contributed by atoms with Crippen LogP contribution in [0.3, 0.4) is 0 Å². The van der Waals surface area contributed by atoms with Gasteiger partial charge in [0.05, 0.1) is 46.2 Å². The summed E-state index contributed by atoms with van der Waals surface area (Å²) in [6, 6.07) is 0. The molecule has 21 rings (SSSR count). The number of aliphatic hydroxyl groups is 19. The monoisotopic (exact) mass is 1290 g/mol. The third-order valence-electron chi connectivity index (χ3n) is 15.2. The molecule has 0 saturated carbocycles. The number of hydrogen-bond donors (Lipinski definition) is 23. The van der Waals surface area contributed by atoms with Gasteiger partial charge in [-0.3, -0.25) is 9.05 Å². The van der Waals surface area contributed by atoms with Crippen molar-refractivity contribution in [3.05, 3.63) is 0 Å². The number of hydrogen-bond acceptors (Lipinski definition) is 37. The molecule has 21 fully saturated rings. The van der Waals surface area contributed by atoms with Gasteiger partial charge in [-0.25, -0.2) is 9.13 Å². The van der Waals surface area contributed by atoms with E-state index >= 15 is 0 Å². The van der Waals surface area contributed by atoms with Crippen LogP contribution in [0.2, 0.25) is 0 Å². The minimum Gasteiger partial charge on any atom is -0.394 e. The Balaban J connectivity index is 1.11. The molecular weight excluding hydrogens is 1220 g/mol. The van der Waals surface area contributed by atoms with Crippen LogP contribution in [0.4, 0.5) is 0 Å². The van der Waals surface area contributed by atoms with E-state index in [2.05, 4.69) is 9.05 Å². The molecule has 21 saturated heterocycles. The lowest BCUT2D eigenvalue weighted by Gasteiger charge is -2.50. The molecule has 21 heterocycles. The van der Waals surface area contributed by atoms with Crippen molar-refractivity contribution < 1.29 is 201 Å². The van der Waals surface area contributed by atoms with E-state index in [1.165, 1.54) is 0 Å². The van der Waals surface area contributed by atoms with Crippen LogP contribution in [0.15, 0.2) is 0 Å². The summed E-state index contributed by atoms with van der Waals surface area (Å²) in [5.74, 6) is 0. The molecule has 21 aliphatic rings. The van der Waals surface area contributed by atoms with Crippen LogP contribution in [0.1, 0.15) is 0 Å². The van der Waals surface area contributed by atoms with E-state index in [1.54, 1.807) is 0 Å². The van der Waals surface area contributed by atoms with Crippen LogP contribution >= 0.6 is 15.6 Å². The molecule has 85 heavy (non-hydrogen) atoms. The standard InChI is InChI=1S/C42H72O41P2/c43-1-8-29-15(48)22(55)36(70-8)78-30-9(2-44)73-39(25(58)18(30)51)82-34-13(6-68-84(62,63)64)76-42(28(61)21(34)54)81-33-12(5-47)72-38(24(57)17(33)50)79-31-10(3-45)74-40(26(59)19(31)52)83-35-14(7-69-85(65,66)67)75-41(27(60)20(35)53)80-32-11(4-46)71-37(77-29)23(56)16(32)49/h8-61H,1-7H2,(H2,62,63,64)(H2,65,66,67)/t8-,9-,10+,11-,12+,13-,14+,15+,16+,17+,18+,19-,20+,21+,22-,23-,24+,25-,26+,27+,28+,29+,30+,31+,32+,33+,34+,35+,36+,37+,38+,39+,40+,41+,42+/m0/s1. The third kappa shape index (κ3) is 15.2. The molecule has 14 bridgehead atoms. The summed E-state index contributed by atoms with van der Waals surface area (Å²) < 4.78 is 112. The number of phosphoric acid groups is 2. The smallest absolute Gasteiger partial charge is 0.394 e. The van der Waals surface area contributed by atoms with Crippen molar-refractivity contribution in [3.63, 3.8) is 0 Å². The van der Waals surface area contributed by atoms with Gasteiger partial charge in [0, 0.05) is 0 Å². The van der Waals surface area contributed by atoms with Gasteiger partial charge < -0.3 is 183 Å². The van der Waals surface area contributed by atoms with Gasteiger partial charge in [0.15, 0.2) is 44.0 Å². The minimum atomic E-state index is -5.45. The molecule has 23 N–H and O–H groups in total. The van der Waals surface area contributed by atoms with Crippen LogP contribution < -0.4 is 0 Å². The minimum absolute atomic E-state index is 1.13. The van der Waals surface area contributed by atoms with Crippen molar-refractivity contribution in [3.8, 4) is 0 Å². The maximum absolute atomic E-state index is 11.9. The predicted molar refractivity (Wildman–Crippen MR) is 250 cm³/mol. The van der Waals surface area contributed by atoms with Crippen LogP contribution in [-0.4, -0.2) is 378 Å². The fourth-order valence-electron chi connectivity index (χ4n) is 10.7. The van der Waals surface area contributed by atoms with Crippen LogP contribution in [0, 0.1) is 0 Å². The Labute approximate surface area is 477 Å². The van der Waals surface area contributed by atoms with Crippen molar-refractivity contribution in [2.75, 3.05) is 46.2 Å². The highest BCUT2D eigenvalue weighted by atomic mass is 31.2. The van der Waals surface area contributed by atoms with Gasteiger partial charge in [-0.1, -0.05) is 0 Å². The van der Waals surface area contributed by atoms with Crippen molar-refractivity contribution in [2.45, 2.75) is 215 Å². The Kier molecular flexibility index (Phi) is 23.7. The van der Waals surface area contributed by atoms with Gasteiger partial charge in [0.25, 0.3) is 0 Å². The van der Waals surface area contributed by atoms with Gasteiger partial charge in [0.1, 0.15) is 171 Å². The van der Waals surface area contributed by atoms with E-state index in [1.807, 2.05) is 0 Å². The second-order valence-corrected chi connectivity index (χ2v) is 23.3. The highest BCUT2D eigenvalue weighted by Gasteiger charge is 2.60. The van der Waals surface area contributed by atoms with Crippen LogP contribution in [-0.2, 0) is 84.5 Å². The summed E-state index contributed by atoms with van der Waals surface area (Å²) in [7, 11) is -10.9. The molecule has 41 nitrogen and oxygen atoms in total. The Morgan fingerprint density at radius 3 is 0.518 bits per heavy atom. The first-order chi connectivity index (χ1) is 39.9. The second-order valence-electron chi connectivity index (χ2n) is 20.9. The van der Waals surface area contributed by atoms with E-state index in [0.29, 0.717) is 0 Å². The molecule has 0 aromatic heterocycles. The molecule has 0 aliphatic carbocycles. The quantitative estimate of drug-likeness (QED) is 0.0854. The first kappa shape index (κ1) is 69.8. The largest absolute Gasteiger partial charge is 0.469 e. The predicted octanol–water partition coefficient (Wildman–Crippen LogP) is -15.0. The summed E-state index contributed by atoms with van der Waals surface area (Å²) >= 11 is 0. The molecule has 21 aliphatic heterocycles. The normalized spacial score (nSPS) is 51.7. The molecule has 35 atom stereocenters. The molecular formula is C42H72O41P2. The summed E-state index contributed by atoms with van der Waals surface area (Å²) in [5.41, 5.74) is 0. The summed E-state index contributed by atoms with van der Waals surface area (Å²) in [6.45, 7) is -8.32. The van der Waals surface area contributed by atoms with E-state index in [9.17, 15) is 126 Å². The zero-order chi connectivity index (χ0) is 62.5. The van der Waals surface area contributed by atoms with Crippen molar-refractivity contribution in [1.29, 1.82) is 0 Å². The number of phosphoric ester groups is 2. The average molecular weight is 1290 g/mol. The highest BCUT2D eigenvalue weighted by Crippen LogP contribution is 2.42. The average Bonchev–Trinajstić information content (AvgIpc) is 1.89. The zero-order valence-electron chi connectivity index (χ0n) is 43.7. The lowest BCUT2D eigenvalue weighted by molar-refractivity contribution is -0.396. The molecule has 43 heteroatoms. The first-order valence-corrected chi connectivity index (χ1v) is 29.2. The lowest BCUT2D eigenvalue weighted by atomic mass is 9.95. The van der Waals surface area contributed by atoms with E-state index < -0.39 is 277 Å². The number of aliphatic hydroxyl groups excluding tert-OH is 19. The molecule has 0 aromatic rings. The Hall–Kier alpha value is -1.10. The van der Waals surface area contributed by atoms with Gasteiger partial charge >= 0.3 is 15.6 Å². The summed E-state index contributed by atoms with van der Waals surface area (Å²) in [5, 5.41) is 212. The van der Waals surface area contributed by atoms with Crippen molar-refractivity contribution >= 4 is 15.6 Å². The Morgan fingerprint density at radius 1 is 0.235 bits per heavy atom. The van der Waals surface area contributed by atoms with Gasteiger partial charge in [-0.05, 0) is 0 Å². The lowest BCUT2D eigenvalue weighted by Crippen LogP contribution is -2.68. The third-order valence-corrected chi connectivity index (χ3v) is 16.2. The topological polar surface area (TPSA) is 647 Å². The van der Waals surface area contributed by atoms with E-state index in [-0.39, 0.29) is 0 Å². The molecule has 0 amide bonds. The second kappa shape index (κ2) is 28.8. The van der Waals surface area contributed by atoms with Gasteiger partial charge in [-0.15, -0.1) is 0 Å². The van der Waals surface area contributed by atoms with Crippen molar-refractivity contribution in [1.82, 2.24) is 0 Å². The number of ether oxygens (including phenoxy) is 14. The molecule has 496 valence electrons. The maximum atomic E-state index is 11.9. The summed E-state index contributed by atoms with van der Waals surface area (Å²) in [6.07, 6.45) is -76.1. The summed E-state index contributed by atoms with van der Waals surface area (Å²) in [4.78, 5) is 38.3. The molecule has 0 spiro atoms. The van der Waals surface area contributed by atoms with Crippen molar-refractivity contribution in [2.24, 2.45) is 0 Å². The molecule has 0 unspecified atom stereocenters. The first-order valence-electron chi connectivity index (χ1n) is 26.1. The fourth-order valence-corrected chi connectivity index (χ4v) is 11.4. The van der Waals surface area contributed by atoms with Gasteiger partial charge in [0.2, 0.25) is 0 Å². The Morgan fingerprint density at radius 2 is 0.376 bits per heavy atom. The maximum Gasteiger partial charge on any atom is 0.469 e. The van der Waals surface area contributed by atoms with E-state index in [4.69, 9.17) is 66.3 Å². The van der Waals surface area contributed by atoms with E-state index in [0.717, 1.165) is 0 Å². The van der Waals surface area contributed by atoms with Crippen LogP contribution in [0.25, 0.3) is 0 Å². The molecule has 0 aromatic carbocycles.